The molecule has 1 N–H and O–H groups in total. The average Bonchev–Trinajstić information content (AvgIpc) is 2.74. The first kappa shape index (κ1) is 21.9. The van der Waals surface area contributed by atoms with E-state index in [4.69, 9.17) is 27.9 Å². The molecule has 0 aromatic heterocycles. The number of amides is 1. The summed E-state index contributed by atoms with van der Waals surface area (Å²) in [5, 5.41) is 5.19. The molecule has 0 bridgehead atoms. The van der Waals surface area contributed by atoms with E-state index in [1.807, 2.05) is 54.6 Å². The topological polar surface area (TPSA) is 50.7 Å². The third kappa shape index (κ3) is 6.61. The van der Waals surface area contributed by atoms with Gasteiger partial charge in [0.1, 0.15) is 12.4 Å². The first-order valence-electron chi connectivity index (χ1n) is 9.60. The van der Waals surface area contributed by atoms with Crippen LogP contribution in [0.15, 0.2) is 71.8 Å². The second kappa shape index (κ2) is 10.8. The molecule has 0 aliphatic rings. The maximum atomic E-state index is 12.1. The van der Waals surface area contributed by atoms with Crippen molar-refractivity contribution >= 4 is 35.3 Å². The van der Waals surface area contributed by atoms with Crippen LogP contribution in [0, 0.1) is 0 Å². The molecule has 6 heteroatoms. The first-order chi connectivity index (χ1) is 14.5. The van der Waals surface area contributed by atoms with Gasteiger partial charge >= 0.3 is 0 Å². The molecule has 0 spiro atoms. The summed E-state index contributed by atoms with van der Waals surface area (Å²) >= 11 is 12.1. The van der Waals surface area contributed by atoms with Gasteiger partial charge in [-0.15, -0.1) is 0 Å². The lowest BCUT2D eigenvalue weighted by molar-refractivity contribution is -0.120. The van der Waals surface area contributed by atoms with Gasteiger partial charge in [-0.3, -0.25) is 4.79 Å². The van der Waals surface area contributed by atoms with Gasteiger partial charge in [0.25, 0.3) is 0 Å². The van der Waals surface area contributed by atoms with E-state index < -0.39 is 0 Å². The Bertz CT molecular complexity index is 1030. The van der Waals surface area contributed by atoms with E-state index in [-0.39, 0.29) is 12.3 Å². The number of hydrazone groups is 1. The number of rotatable bonds is 8. The van der Waals surface area contributed by atoms with Crippen molar-refractivity contribution in [1.82, 2.24) is 5.43 Å². The molecule has 0 aliphatic heterocycles. The summed E-state index contributed by atoms with van der Waals surface area (Å²) in [7, 11) is 0. The van der Waals surface area contributed by atoms with Crippen molar-refractivity contribution in [2.75, 3.05) is 0 Å². The third-order valence-corrected chi connectivity index (χ3v) is 5.05. The molecule has 0 atom stereocenters. The van der Waals surface area contributed by atoms with Gasteiger partial charge in [-0.1, -0.05) is 72.6 Å². The van der Waals surface area contributed by atoms with Crippen LogP contribution < -0.4 is 10.2 Å². The number of carbonyl (C=O) groups excluding carboxylic acids is 1. The zero-order chi connectivity index (χ0) is 21.3. The monoisotopic (exact) mass is 440 g/mol. The summed E-state index contributed by atoms with van der Waals surface area (Å²) in [5.74, 6) is 0.507. The summed E-state index contributed by atoms with van der Waals surface area (Å²) in [6.45, 7) is 2.42. The second-order valence-corrected chi connectivity index (χ2v) is 7.58. The fourth-order valence-electron chi connectivity index (χ4n) is 2.78. The first-order valence-corrected chi connectivity index (χ1v) is 10.4. The molecule has 0 aliphatic carbocycles. The molecule has 0 saturated carbocycles. The van der Waals surface area contributed by atoms with Gasteiger partial charge in [0.2, 0.25) is 5.91 Å². The molecule has 30 heavy (non-hydrogen) atoms. The summed E-state index contributed by atoms with van der Waals surface area (Å²) in [4.78, 5) is 12.1. The molecule has 154 valence electrons. The Labute approximate surface area is 186 Å². The Balaban J connectivity index is 1.52. The van der Waals surface area contributed by atoms with E-state index in [2.05, 4.69) is 17.5 Å². The third-order valence-electron chi connectivity index (χ3n) is 4.47. The highest BCUT2D eigenvalue weighted by molar-refractivity contribution is 6.35. The molecule has 0 heterocycles. The van der Waals surface area contributed by atoms with Crippen molar-refractivity contribution in [1.29, 1.82) is 0 Å². The van der Waals surface area contributed by atoms with E-state index >= 15 is 0 Å². The van der Waals surface area contributed by atoms with Crippen LogP contribution in [0.4, 0.5) is 0 Å². The number of aryl methyl sites for hydroxylation is 1. The molecule has 0 fully saturated rings. The van der Waals surface area contributed by atoms with E-state index in [9.17, 15) is 4.79 Å². The molecule has 4 nitrogen and oxygen atoms in total. The van der Waals surface area contributed by atoms with Crippen molar-refractivity contribution in [3.8, 4) is 5.75 Å². The number of hydrogen-bond acceptors (Lipinski definition) is 3. The van der Waals surface area contributed by atoms with Crippen molar-refractivity contribution in [2.24, 2.45) is 5.10 Å². The van der Waals surface area contributed by atoms with Crippen LogP contribution in [-0.4, -0.2) is 12.1 Å². The minimum absolute atomic E-state index is 0.166. The van der Waals surface area contributed by atoms with Crippen LogP contribution in [0.5, 0.6) is 5.75 Å². The van der Waals surface area contributed by atoms with E-state index in [1.54, 1.807) is 18.3 Å². The fourth-order valence-corrected chi connectivity index (χ4v) is 3.24. The number of nitrogens with zero attached hydrogens (tertiary/aromatic N) is 1. The highest BCUT2D eigenvalue weighted by atomic mass is 35.5. The Morgan fingerprint density at radius 1 is 1.03 bits per heavy atom. The molecular formula is C24H22Cl2N2O2. The number of benzene rings is 3. The highest BCUT2D eigenvalue weighted by Crippen LogP contribution is 2.23. The molecule has 1 amide bonds. The molecule has 3 aromatic carbocycles. The number of nitrogens with one attached hydrogen (secondary N) is 1. The molecule has 0 radical (unpaired) electrons. The number of ether oxygens (including phenoxy) is 1. The predicted octanol–water partition coefficient (Wildman–Crippen LogP) is 5.83. The minimum atomic E-state index is -0.166. The molecule has 0 unspecified atom stereocenters. The summed E-state index contributed by atoms with van der Waals surface area (Å²) in [6.07, 6.45) is 2.85. The summed E-state index contributed by atoms with van der Waals surface area (Å²) < 4.78 is 5.80. The maximum absolute atomic E-state index is 12.1. The van der Waals surface area contributed by atoms with E-state index in [0.29, 0.717) is 22.4 Å². The lowest BCUT2D eigenvalue weighted by Crippen LogP contribution is -2.19. The number of hydrogen-bond donors (Lipinski definition) is 1. The lowest BCUT2D eigenvalue weighted by atomic mass is 10.1. The zero-order valence-electron chi connectivity index (χ0n) is 16.6. The van der Waals surface area contributed by atoms with Crippen LogP contribution in [0.2, 0.25) is 10.0 Å². The standard InChI is InChI=1S/C24H22Cl2N2O2/c1-2-17-6-8-18(9-7-17)13-24(29)28-27-15-19-4-3-5-22(12-19)30-16-20-10-11-21(25)14-23(20)26/h3-12,14-15H,2,13,16H2,1H3,(H,28,29)/b27-15+. The van der Waals surface area contributed by atoms with Gasteiger partial charge in [-0.25, -0.2) is 5.43 Å². The highest BCUT2D eigenvalue weighted by Gasteiger charge is 2.04. The Hall–Kier alpha value is -2.82. The smallest absolute Gasteiger partial charge is 0.244 e. The predicted molar refractivity (Wildman–Crippen MR) is 122 cm³/mol. The molecule has 0 saturated heterocycles. The molecule has 3 aromatic rings. The van der Waals surface area contributed by atoms with Crippen LogP contribution in [0.3, 0.4) is 0 Å². The SMILES string of the molecule is CCc1ccc(CC(=O)N/N=C/c2cccc(OCc3ccc(Cl)cc3Cl)c2)cc1. The number of carbonyl (C=O) groups is 1. The van der Waals surface area contributed by atoms with Crippen molar-refractivity contribution in [3.05, 3.63) is 99.0 Å². The van der Waals surface area contributed by atoms with Gasteiger partial charge in [-0.2, -0.15) is 5.10 Å². The van der Waals surface area contributed by atoms with Gasteiger partial charge in [-0.05, 0) is 47.4 Å². The lowest BCUT2D eigenvalue weighted by Gasteiger charge is -2.08. The Morgan fingerprint density at radius 2 is 1.80 bits per heavy atom. The van der Waals surface area contributed by atoms with Crippen molar-refractivity contribution < 1.29 is 9.53 Å². The van der Waals surface area contributed by atoms with Gasteiger partial charge in [0, 0.05) is 15.6 Å². The summed E-state index contributed by atoms with van der Waals surface area (Å²) in [5.41, 5.74) is 6.41. The van der Waals surface area contributed by atoms with Gasteiger partial charge < -0.3 is 4.74 Å². The Kier molecular flexibility index (Phi) is 7.89. The van der Waals surface area contributed by atoms with E-state index in [0.717, 1.165) is 23.1 Å². The fraction of sp³-hybridized carbons (Fsp3) is 0.167. The van der Waals surface area contributed by atoms with Crippen LogP contribution in [0.25, 0.3) is 0 Å². The van der Waals surface area contributed by atoms with Crippen LogP contribution >= 0.6 is 23.2 Å². The van der Waals surface area contributed by atoms with Gasteiger partial charge in [0.15, 0.2) is 0 Å². The average molecular weight is 441 g/mol. The van der Waals surface area contributed by atoms with Crippen LogP contribution in [-0.2, 0) is 24.2 Å². The number of halogens is 2. The Morgan fingerprint density at radius 3 is 2.53 bits per heavy atom. The quantitative estimate of drug-likeness (QED) is 0.353. The largest absolute Gasteiger partial charge is 0.489 e. The van der Waals surface area contributed by atoms with Crippen LogP contribution in [0.1, 0.15) is 29.2 Å². The summed E-state index contributed by atoms with van der Waals surface area (Å²) in [6, 6.07) is 20.7. The molecular weight excluding hydrogens is 419 g/mol. The van der Waals surface area contributed by atoms with Crippen molar-refractivity contribution in [3.63, 3.8) is 0 Å². The maximum Gasteiger partial charge on any atom is 0.244 e. The van der Waals surface area contributed by atoms with Gasteiger partial charge in [0.05, 0.1) is 12.6 Å². The zero-order valence-corrected chi connectivity index (χ0v) is 18.1. The normalized spacial score (nSPS) is 10.9. The second-order valence-electron chi connectivity index (χ2n) is 6.74. The minimum Gasteiger partial charge on any atom is -0.489 e. The van der Waals surface area contributed by atoms with E-state index in [1.165, 1.54) is 5.56 Å². The molecule has 3 rings (SSSR count). The van der Waals surface area contributed by atoms with Crippen molar-refractivity contribution in [2.45, 2.75) is 26.4 Å².